The molecule has 0 N–H and O–H groups in total. The fourth-order valence-corrected chi connectivity index (χ4v) is 1.73. The average molecular weight is 201 g/mol. The molecule has 0 heterocycles. The molecule has 0 aromatic heterocycles. The van der Waals surface area contributed by atoms with Crippen LogP contribution < -0.4 is 0 Å². The fourth-order valence-electron chi connectivity index (χ4n) is 1.30. The van der Waals surface area contributed by atoms with E-state index in [9.17, 15) is 4.79 Å². The molecule has 0 aliphatic heterocycles. The smallest absolute Gasteiger partial charge is 0.223 e. The molecule has 13 heavy (non-hydrogen) atoms. The second kappa shape index (κ2) is 3.91. The number of carbonyl (C=O) groups excluding carboxylic acids is 1. The minimum atomic E-state index is 0.253. The molecule has 76 valence electrons. The number of thiol groups is 1. The SMILES string of the molecule is CC(C)N(C)C(=O)CC1(CS)CC1. The number of carbonyl (C=O) groups is 1. The van der Waals surface area contributed by atoms with Crippen molar-refractivity contribution in [3.8, 4) is 0 Å². The predicted molar refractivity (Wildman–Crippen MR) is 58.0 cm³/mol. The topological polar surface area (TPSA) is 20.3 Å². The first-order valence-electron chi connectivity index (χ1n) is 4.87. The molecule has 0 aromatic carbocycles. The van der Waals surface area contributed by atoms with E-state index in [4.69, 9.17) is 0 Å². The summed E-state index contributed by atoms with van der Waals surface area (Å²) in [5, 5.41) is 0. The Morgan fingerprint density at radius 3 is 2.38 bits per heavy atom. The summed E-state index contributed by atoms with van der Waals surface area (Å²) in [6.07, 6.45) is 3.04. The Hall–Kier alpha value is -0.180. The molecule has 1 fully saturated rings. The number of rotatable bonds is 4. The van der Waals surface area contributed by atoms with Crippen molar-refractivity contribution in [3.05, 3.63) is 0 Å². The Balaban J connectivity index is 2.41. The molecule has 1 aliphatic carbocycles. The second-order valence-electron chi connectivity index (χ2n) is 4.43. The molecule has 1 amide bonds. The lowest BCUT2D eigenvalue weighted by Gasteiger charge is -2.23. The summed E-state index contributed by atoms with van der Waals surface area (Å²) in [5.74, 6) is 1.12. The van der Waals surface area contributed by atoms with E-state index in [1.54, 1.807) is 0 Å². The van der Waals surface area contributed by atoms with Crippen LogP contribution in [-0.2, 0) is 4.79 Å². The Kier molecular flexibility index (Phi) is 3.28. The molecule has 0 radical (unpaired) electrons. The van der Waals surface area contributed by atoms with Crippen molar-refractivity contribution in [2.45, 2.75) is 39.2 Å². The zero-order valence-electron chi connectivity index (χ0n) is 8.71. The van der Waals surface area contributed by atoms with Crippen LogP contribution in [0.15, 0.2) is 0 Å². The van der Waals surface area contributed by atoms with Gasteiger partial charge >= 0.3 is 0 Å². The first kappa shape index (κ1) is 10.9. The van der Waals surface area contributed by atoms with Crippen molar-refractivity contribution in [1.29, 1.82) is 0 Å². The van der Waals surface area contributed by atoms with Gasteiger partial charge in [0.1, 0.15) is 0 Å². The maximum atomic E-state index is 11.7. The molecular weight excluding hydrogens is 182 g/mol. The zero-order chi connectivity index (χ0) is 10.1. The van der Waals surface area contributed by atoms with E-state index in [1.165, 1.54) is 12.8 Å². The van der Waals surface area contributed by atoms with E-state index < -0.39 is 0 Å². The summed E-state index contributed by atoms with van der Waals surface area (Å²) < 4.78 is 0. The summed E-state index contributed by atoms with van der Waals surface area (Å²) in [7, 11) is 1.88. The summed E-state index contributed by atoms with van der Waals surface area (Å²) in [5.41, 5.74) is 0.253. The largest absolute Gasteiger partial charge is 0.343 e. The number of nitrogens with zero attached hydrogens (tertiary/aromatic N) is 1. The van der Waals surface area contributed by atoms with E-state index >= 15 is 0 Å². The van der Waals surface area contributed by atoms with Gasteiger partial charge in [0.15, 0.2) is 0 Å². The van der Waals surface area contributed by atoms with Crippen LogP contribution in [0, 0.1) is 5.41 Å². The lowest BCUT2D eigenvalue weighted by molar-refractivity contribution is -0.132. The minimum Gasteiger partial charge on any atom is -0.343 e. The highest BCUT2D eigenvalue weighted by molar-refractivity contribution is 7.80. The van der Waals surface area contributed by atoms with Crippen molar-refractivity contribution in [2.24, 2.45) is 5.41 Å². The van der Waals surface area contributed by atoms with Crippen molar-refractivity contribution in [1.82, 2.24) is 4.90 Å². The van der Waals surface area contributed by atoms with Crippen LogP contribution >= 0.6 is 12.6 Å². The lowest BCUT2D eigenvalue weighted by atomic mass is 10.0. The number of amides is 1. The van der Waals surface area contributed by atoms with Crippen LogP contribution in [0.2, 0.25) is 0 Å². The molecule has 0 unspecified atom stereocenters. The molecule has 1 rings (SSSR count). The highest BCUT2D eigenvalue weighted by atomic mass is 32.1. The minimum absolute atomic E-state index is 0.253. The van der Waals surface area contributed by atoms with Gasteiger partial charge in [-0.1, -0.05) is 0 Å². The average Bonchev–Trinajstić information content (AvgIpc) is 2.84. The van der Waals surface area contributed by atoms with Crippen LogP contribution in [0.4, 0.5) is 0 Å². The third-order valence-electron chi connectivity index (χ3n) is 2.99. The normalized spacial score (nSPS) is 18.8. The van der Waals surface area contributed by atoms with Crippen molar-refractivity contribution in [3.63, 3.8) is 0 Å². The monoisotopic (exact) mass is 201 g/mol. The van der Waals surface area contributed by atoms with E-state index in [0.29, 0.717) is 12.5 Å². The fraction of sp³-hybridized carbons (Fsp3) is 0.900. The van der Waals surface area contributed by atoms with Crippen molar-refractivity contribution >= 4 is 18.5 Å². The van der Waals surface area contributed by atoms with Gasteiger partial charge in [-0.05, 0) is 37.9 Å². The maximum Gasteiger partial charge on any atom is 0.223 e. The van der Waals surface area contributed by atoms with E-state index in [0.717, 1.165) is 5.75 Å². The van der Waals surface area contributed by atoms with Crippen LogP contribution in [0.1, 0.15) is 33.1 Å². The maximum absolute atomic E-state index is 11.7. The lowest BCUT2D eigenvalue weighted by Crippen LogP contribution is -2.34. The summed E-state index contributed by atoms with van der Waals surface area (Å²) in [4.78, 5) is 13.5. The zero-order valence-corrected chi connectivity index (χ0v) is 9.60. The molecule has 0 atom stereocenters. The first-order valence-corrected chi connectivity index (χ1v) is 5.50. The predicted octanol–water partition coefficient (Wildman–Crippen LogP) is 1.95. The molecule has 0 spiro atoms. The summed E-state index contributed by atoms with van der Waals surface area (Å²) in [6, 6.07) is 0.309. The Labute approximate surface area is 86.1 Å². The third-order valence-corrected chi connectivity index (χ3v) is 3.66. The van der Waals surface area contributed by atoms with Gasteiger partial charge in [0.25, 0.3) is 0 Å². The van der Waals surface area contributed by atoms with E-state index in [-0.39, 0.29) is 11.3 Å². The molecule has 2 nitrogen and oxygen atoms in total. The molecule has 0 saturated heterocycles. The van der Waals surface area contributed by atoms with Crippen LogP contribution in [0.5, 0.6) is 0 Å². The van der Waals surface area contributed by atoms with Crippen LogP contribution in [0.3, 0.4) is 0 Å². The highest BCUT2D eigenvalue weighted by Crippen LogP contribution is 2.49. The molecule has 1 aliphatic rings. The Bertz CT molecular complexity index is 199. The summed E-state index contributed by atoms with van der Waals surface area (Å²) in [6.45, 7) is 4.08. The first-order chi connectivity index (χ1) is 6.01. The van der Waals surface area contributed by atoms with Crippen LogP contribution in [0.25, 0.3) is 0 Å². The Morgan fingerprint density at radius 2 is 2.08 bits per heavy atom. The van der Waals surface area contributed by atoms with Gasteiger partial charge < -0.3 is 4.90 Å². The molecule has 1 saturated carbocycles. The van der Waals surface area contributed by atoms with E-state index in [1.807, 2.05) is 25.8 Å². The quantitative estimate of drug-likeness (QED) is 0.689. The van der Waals surface area contributed by atoms with Gasteiger partial charge in [-0.15, -0.1) is 0 Å². The summed E-state index contributed by atoms with van der Waals surface area (Å²) >= 11 is 4.29. The van der Waals surface area contributed by atoms with Crippen molar-refractivity contribution < 1.29 is 4.79 Å². The molecule has 3 heteroatoms. The standard InChI is InChI=1S/C10H19NOS/c1-8(2)11(3)9(12)6-10(7-13)4-5-10/h8,13H,4-7H2,1-3H3. The number of hydrogen-bond acceptors (Lipinski definition) is 2. The van der Waals surface area contributed by atoms with Gasteiger partial charge in [0, 0.05) is 19.5 Å². The van der Waals surface area contributed by atoms with Gasteiger partial charge in [-0.3, -0.25) is 4.79 Å². The van der Waals surface area contributed by atoms with Gasteiger partial charge in [0.05, 0.1) is 0 Å². The molecule has 0 aromatic rings. The van der Waals surface area contributed by atoms with Gasteiger partial charge in [0.2, 0.25) is 5.91 Å². The number of hydrogen-bond donors (Lipinski definition) is 1. The molecule has 0 bridgehead atoms. The highest BCUT2D eigenvalue weighted by Gasteiger charge is 2.43. The third kappa shape index (κ3) is 2.63. The second-order valence-corrected chi connectivity index (χ2v) is 4.75. The van der Waals surface area contributed by atoms with Crippen molar-refractivity contribution in [2.75, 3.05) is 12.8 Å². The van der Waals surface area contributed by atoms with E-state index in [2.05, 4.69) is 12.6 Å². The van der Waals surface area contributed by atoms with Gasteiger partial charge in [-0.2, -0.15) is 12.6 Å². The van der Waals surface area contributed by atoms with Gasteiger partial charge in [-0.25, -0.2) is 0 Å². The van der Waals surface area contributed by atoms with Crippen LogP contribution in [-0.4, -0.2) is 29.6 Å². The Morgan fingerprint density at radius 1 is 1.54 bits per heavy atom. The molecular formula is C10H19NOS.